The summed E-state index contributed by atoms with van der Waals surface area (Å²) in [5.74, 6) is 2.11. The van der Waals surface area contributed by atoms with Gasteiger partial charge in [-0.2, -0.15) is 4.98 Å². The molecule has 1 aromatic carbocycles. The number of aromatic nitrogens is 2. The van der Waals surface area contributed by atoms with Gasteiger partial charge in [0.05, 0.1) is 26.3 Å². The zero-order valence-electron chi connectivity index (χ0n) is 11.5. The third-order valence-corrected chi connectivity index (χ3v) is 2.89. The molecule has 0 bridgehead atoms. The summed E-state index contributed by atoms with van der Waals surface area (Å²) in [4.78, 5) is 4.24. The van der Waals surface area contributed by atoms with E-state index in [0.717, 1.165) is 16.7 Å². The van der Waals surface area contributed by atoms with E-state index in [1.165, 1.54) is 0 Å². The van der Waals surface area contributed by atoms with E-state index in [1.54, 1.807) is 14.2 Å². The van der Waals surface area contributed by atoms with E-state index in [-0.39, 0.29) is 6.54 Å². The van der Waals surface area contributed by atoms with Crippen molar-refractivity contribution in [1.29, 1.82) is 0 Å². The van der Waals surface area contributed by atoms with Gasteiger partial charge in [0.25, 0.3) is 0 Å². The summed E-state index contributed by atoms with van der Waals surface area (Å²) in [5, 5.41) is 3.93. The molecule has 2 N–H and O–H groups in total. The van der Waals surface area contributed by atoms with Gasteiger partial charge >= 0.3 is 0 Å². The van der Waals surface area contributed by atoms with E-state index in [1.807, 2.05) is 19.9 Å². The van der Waals surface area contributed by atoms with E-state index in [4.69, 9.17) is 19.7 Å². The first-order valence-corrected chi connectivity index (χ1v) is 5.87. The van der Waals surface area contributed by atoms with Gasteiger partial charge in [0.2, 0.25) is 11.7 Å². The molecule has 0 aliphatic rings. The topological polar surface area (TPSA) is 83.4 Å². The lowest BCUT2D eigenvalue weighted by molar-refractivity contribution is 0.353. The van der Waals surface area contributed by atoms with Crippen molar-refractivity contribution in [1.82, 2.24) is 10.1 Å². The number of methoxy groups -OCH3 is 2. The predicted molar refractivity (Wildman–Crippen MR) is 70.2 cm³/mol. The number of hydrogen-bond donors (Lipinski definition) is 1. The highest BCUT2D eigenvalue weighted by Gasteiger charge is 2.21. The molecule has 0 atom stereocenters. The van der Waals surface area contributed by atoms with Crippen molar-refractivity contribution in [2.45, 2.75) is 20.4 Å². The molecule has 0 spiro atoms. The number of hydrogen-bond acceptors (Lipinski definition) is 6. The van der Waals surface area contributed by atoms with Crippen LogP contribution >= 0.6 is 0 Å². The van der Waals surface area contributed by atoms with Gasteiger partial charge in [-0.1, -0.05) is 11.2 Å². The zero-order chi connectivity index (χ0) is 14.0. The van der Waals surface area contributed by atoms with E-state index in [9.17, 15) is 0 Å². The first-order valence-electron chi connectivity index (χ1n) is 5.87. The normalized spacial score (nSPS) is 10.6. The lowest BCUT2D eigenvalue weighted by atomic mass is 10.0. The molecular weight excluding hydrogens is 246 g/mol. The second-order valence-corrected chi connectivity index (χ2v) is 4.17. The minimum absolute atomic E-state index is 0.206. The van der Waals surface area contributed by atoms with Crippen LogP contribution in [0.3, 0.4) is 0 Å². The highest BCUT2D eigenvalue weighted by molar-refractivity contribution is 5.73. The molecule has 0 radical (unpaired) electrons. The summed E-state index contributed by atoms with van der Waals surface area (Å²) in [6, 6.07) is 2.00. The van der Waals surface area contributed by atoms with Gasteiger partial charge in [-0.3, -0.25) is 0 Å². The Labute approximate surface area is 111 Å². The van der Waals surface area contributed by atoms with Crippen molar-refractivity contribution < 1.29 is 14.0 Å². The lowest BCUT2D eigenvalue weighted by Crippen LogP contribution is -2.00. The third kappa shape index (κ3) is 2.26. The second-order valence-electron chi connectivity index (χ2n) is 4.17. The molecular formula is C13H17N3O3. The first-order chi connectivity index (χ1) is 9.12. The van der Waals surface area contributed by atoms with Crippen molar-refractivity contribution in [3.63, 3.8) is 0 Å². The molecule has 0 aliphatic carbocycles. The summed E-state index contributed by atoms with van der Waals surface area (Å²) >= 11 is 0. The van der Waals surface area contributed by atoms with Crippen molar-refractivity contribution in [3.05, 3.63) is 23.1 Å². The monoisotopic (exact) mass is 263 g/mol. The molecule has 0 unspecified atom stereocenters. The summed E-state index contributed by atoms with van der Waals surface area (Å²) in [7, 11) is 3.19. The number of nitrogens with zero attached hydrogens (tertiary/aromatic N) is 2. The molecule has 0 fully saturated rings. The average molecular weight is 263 g/mol. The molecule has 19 heavy (non-hydrogen) atoms. The lowest BCUT2D eigenvalue weighted by Gasteiger charge is -2.15. The maximum Gasteiger partial charge on any atom is 0.240 e. The summed E-state index contributed by atoms with van der Waals surface area (Å²) in [5.41, 5.74) is 8.21. The zero-order valence-corrected chi connectivity index (χ0v) is 11.5. The quantitative estimate of drug-likeness (QED) is 0.906. The predicted octanol–water partition coefficient (Wildman–Crippen LogP) is 1.83. The van der Waals surface area contributed by atoms with Crippen LogP contribution in [0.4, 0.5) is 0 Å². The molecule has 2 aromatic rings. The molecule has 6 nitrogen and oxygen atoms in total. The SMILES string of the molecule is COc1c(C)cc(C)c(-c2noc(CN)n2)c1OC. The Hall–Kier alpha value is -2.08. The first kappa shape index (κ1) is 13.4. The van der Waals surface area contributed by atoms with Crippen LogP contribution in [0.25, 0.3) is 11.4 Å². The number of rotatable bonds is 4. The molecule has 0 aliphatic heterocycles. The van der Waals surface area contributed by atoms with Crippen molar-refractivity contribution in [2.24, 2.45) is 5.73 Å². The molecule has 1 aromatic heterocycles. The second kappa shape index (κ2) is 5.27. The molecule has 0 saturated heterocycles. The fourth-order valence-corrected chi connectivity index (χ4v) is 2.10. The molecule has 0 saturated carbocycles. The van der Waals surface area contributed by atoms with E-state index >= 15 is 0 Å². The van der Waals surface area contributed by atoms with Crippen LogP contribution in [0.1, 0.15) is 17.0 Å². The van der Waals surface area contributed by atoms with Crippen LogP contribution in [0.15, 0.2) is 10.6 Å². The smallest absolute Gasteiger partial charge is 0.240 e. The van der Waals surface area contributed by atoms with Crippen LogP contribution in [-0.4, -0.2) is 24.4 Å². The Morgan fingerprint density at radius 1 is 1.16 bits per heavy atom. The highest BCUT2D eigenvalue weighted by Crippen LogP contribution is 2.41. The number of ether oxygens (including phenoxy) is 2. The molecule has 2 rings (SSSR count). The fraction of sp³-hybridized carbons (Fsp3) is 0.385. The van der Waals surface area contributed by atoms with Crippen LogP contribution in [0.5, 0.6) is 11.5 Å². The Balaban J connectivity index is 2.67. The highest BCUT2D eigenvalue weighted by atomic mass is 16.5. The standard InChI is InChI=1S/C13H17N3O3/c1-7-5-8(2)11(17-3)12(18-4)10(7)13-15-9(6-14)19-16-13/h5H,6,14H2,1-4H3. The van der Waals surface area contributed by atoms with Gasteiger partial charge < -0.3 is 19.7 Å². The van der Waals surface area contributed by atoms with E-state index in [0.29, 0.717) is 23.2 Å². The third-order valence-electron chi connectivity index (χ3n) is 2.89. The number of nitrogens with two attached hydrogens (primary N) is 1. The molecule has 6 heteroatoms. The minimum atomic E-state index is 0.206. The Bertz CT molecular complexity index is 593. The average Bonchev–Trinajstić information content (AvgIpc) is 2.86. The van der Waals surface area contributed by atoms with Gasteiger partial charge in [0.1, 0.15) is 0 Å². The Morgan fingerprint density at radius 3 is 2.37 bits per heavy atom. The van der Waals surface area contributed by atoms with Gasteiger partial charge in [0.15, 0.2) is 11.5 Å². The largest absolute Gasteiger partial charge is 0.493 e. The molecule has 1 heterocycles. The van der Waals surface area contributed by atoms with Gasteiger partial charge in [-0.15, -0.1) is 0 Å². The van der Waals surface area contributed by atoms with E-state index in [2.05, 4.69) is 10.1 Å². The van der Waals surface area contributed by atoms with Crippen molar-refractivity contribution in [3.8, 4) is 22.9 Å². The van der Waals surface area contributed by atoms with Crippen LogP contribution in [0, 0.1) is 13.8 Å². The Morgan fingerprint density at radius 2 is 1.84 bits per heavy atom. The molecule has 0 amide bonds. The maximum atomic E-state index is 5.48. The minimum Gasteiger partial charge on any atom is -0.493 e. The van der Waals surface area contributed by atoms with Crippen LogP contribution < -0.4 is 15.2 Å². The van der Waals surface area contributed by atoms with Crippen molar-refractivity contribution >= 4 is 0 Å². The van der Waals surface area contributed by atoms with Gasteiger partial charge in [-0.25, -0.2) is 0 Å². The number of benzene rings is 1. The fourth-order valence-electron chi connectivity index (χ4n) is 2.10. The number of aryl methyl sites for hydroxylation is 2. The maximum absolute atomic E-state index is 5.48. The van der Waals surface area contributed by atoms with Gasteiger partial charge in [0, 0.05) is 0 Å². The van der Waals surface area contributed by atoms with Gasteiger partial charge in [-0.05, 0) is 25.0 Å². The summed E-state index contributed by atoms with van der Waals surface area (Å²) < 4.78 is 15.9. The van der Waals surface area contributed by atoms with Crippen LogP contribution in [0.2, 0.25) is 0 Å². The van der Waals surface area contributed by atoms with E-state index < -0.39 is 0 Å². The molecule has 102 valence electrons. The van der Waals surface area contributed by atoms with Crippen LogP contribution in [-0.2, 0) is 6.54 Å². The Kier molecular flexibility index (Phi) is 3.71. The summed E-state index contributed by atoms with van der Waals surface area (Å²) in [6.07, 6.45) is 0. The summed E-state index contributed by atoms with van der Waals surface area (Å²) in [6.45, 7) is 4.12. The van der Waals surface area contributed by atoms with Crippen molar-refractivity contribution in [2.75, 3.05) is 14.2 Å².